The van der Waals surface area contributed by atoms with E-state index in [0.29, 0.717) is 53.7 Å². The Hall–Kier alpha value is -3.22. The number of amides is 1. The molecular formula is C19H19NO6. The predicted molar refractivity (Wildman–Crippen MR) is 94.5 cm³/mol. The molecule has 0 aliphatic carbocycles. The van der Waals surface area contributed by atoms with Gasteiger partial charge in [-0.2, -0.15) is 0 Å². The smallest absolute Gasteiger partial charge is 0.265 e. The van der Waals surface area contributed by atoms with Gasteiger partial charge < -0.3 is 24.3 Å². The molecule has 0 bridgehead atoms. The van der Waals surface area contributed by atoms with Crippen LogP contribution in [0.15, 0.2) is 36.4 Å². The SMILES string of the molecule is COc1ccc(C=O)cc1O[C@H](C)C(=O)Nc1ccc2c(c1)OCCO2. The van der Waals surface area contributed by atoms with Crippen LogP contribution >= 0.6 is 0 Å². The number of fused-ring (bicyclic) bond motifs is 1. The standard InChI is InChI=1S/C19H19NO6/c1-12(26-18-9-13(11-21)3-5-15(18)23-2)19(22)20-14-4-6-16-17(10-14)25-8-7-24-16/h3-6,9-12H,7-8H2,1-2H3,(H,20,22)/t12-/m1/s1. The minimum atomic E-state index is -0.806. The summed E-state index contributed by atoms with van der Waals surface area (Å²) in [6.07, 6.45) is -0.106. The lowest BCUT2D eigenvalue weighted by molar-refractivity contribution is -0.122. The van der Waals surface area contributed by atoms with Crippen molar-refractivity contribution in [3.05, 3.63) is 42.0 Å². The molecule has 7 heteroatoms. The van der Waals surface area contributed by atoms with Crippen LogP contribution in [0.2, 0.25) is 0 Å². The lowest BCUT2D eigenvalue weighted by Crippen LogP contribution is -2.30. The van der Waals surface area contributed by atoms with E-state index < -0.39 is 6.10 Å². The number of carbonyl (C=O) groups excluding carboxylic acids is 2. The molecule has 7 nitrogen and oxygen atoms in total. The first-order valence-electron chi connectivity index (χ1n) is 8.11. The molecule has 0 fully saturated rings. The highest BCUT2D eigenvalue weighted by Gasteiger charge is 2.19. The molecular weight excluding hydrogens is 338 g/mol. The number of rotatable bonds is 6. The van der Waals surface area contributed by atoms with Gasteiger partial charge in [0.25, 0.3) is 5.91 Å². The summed E-state index contributed by atoms with van der Waals surface area (Å²) in [5.74, 6) is 1.65. The summed E-state index contributed by atoms with van der Waals surface area (Å²) in [4.78, 5) is 23.4. The largest absolute Gasteiger partial charge is 0.493 e. The lowest BCUT2D eigenvalue weighted by Gasteiger charge is -2.20. The van der Waals surface area contributed by atoms with Crippen LogP contribution in [0.3, 0.4) is 0 Å². The van der Waals surface area contributed by atoms with Gasteiger partial charge in [0.05, 0.1) is 7.11 Å². The predicted octanol–water partition coefficient (Wildman–Crippen LogP) is 2.68. The van der Waals surface area contributed by atoms with Crippen LogP contribution in [-0.2, 0) is 4.79 Å². The first-order valence-corrected chi connectivity index (χ1v) is 8.11. The number of ether oxygens (including phenoxy) is 4. The van der Waals surface area contributed by atoms with Gasteiger partial charge in [0.15, 0.2) is 29.1 Å². The Balaban J connectivity index is 1.69. The summed E-state index contributed by atoms with van der Waals surface area (Å²) in [6, 6.07) is 9.92. The highest BCUT2D eigenvalue weighted by atomic mass is 16.6. The fraction of sp³-hybridized carbons (Fsp3) is 0.263. The molecule has 1 aliphatic rings. The normalized spacial score (nSPS) is 13.5. The van der Waals surface area contributed by atoms with Crippen LogP contribution in [0.25, 0.3) is 0 Å². The maximum atomic E-state index is 12.4. The van der Waals surface area contributed by atoms with Crippen LogP contribution in [0.4, 0.5) is 5.69 Å². The molecule has 0 saturated carbocycles. The van der Waals surface area contributed by atoms with Crippen molar-refractivity contribution < 1.29 is 28.5 Å². The molecule has 136 valence electrons. The molecule has 0 unspecified atom stereocenters. The zero-order chi connectivity index (χ0) is 18.5. The Kier molecular flexibility index (Phi) is 5.26. The van der Waals surface area contributed by atoms with Crippen molar-refractivity contribution in [2.45, 2.75) is 13.0 Å². The van der Waals surface area contributed by atoms with E-state index in [1.807, 2.05) is 0 Å². The second-order valence-corrected chi connectivity index (χ2v) is 5.64. The number of aldehydes is 1. The summed E-state index contributed by atoms with van der Waals surface area (Å²) in [5.41, 5.74) is 1.00. The second-order valence-electron chi connectivity index (χ2n) is 5.64. The van der Waals surface area contributed by atoms with Crippen LogP contribution < -0.4 is 24.3 Å². The Morgan fingerprint density at radius 2 is 1.88 bits per heavy atom. The highest BCUT2D eigenvalue weighted by Crippen LogP contribution is 2.33. The Morgan fingerprint density at radius 1 is 1.12 bits per heavy atom. The van der Waals surface area contributed by atoms with E-state index in [1.165, 1.54) is 13.2 Å². The van der Waals surface area contributed by atoms with E-state index in [0.717, 1.165) is 0 Å². The van der Waals surface area contributed by atoms with Crippen molar-refractivity contribution in [3.8, 4) is 23.0 Å². The van der Waals surface area contributed by atoms with Gasteiger partial charge in [-0.1, -0.05) is 0 Å². The van der Waals surface area contributed by atoms with Crippen molar-refractivity contribution in [3.63, 3.8) is 0 Å². The van der Waals surface area contributed by atoms with E-state index in [1.54, 1.807) is 37.3 Å². The van der Waals surface area contributed by atoms with E-state index in [4.69, 9.17) is 18.9 Å². The Bertz CT molecular complexity index is 820. The zero-order valence-electron chi connectivity index (χ0n) is 14.5. The van der Waals surface area contributed by atoms with Crippen molar-refractivity contribution in [1.29, 1.82) is 0 Å². The van der Waals surface area contributed by atoms with Crippen molar-refractivity contribution in [1.82, 2.24) is 0 Å². The fourth-order valence-corrected chi connectivity index (χ4v) is 2.47. The van der Waals surface area contributed by atoms with Gasteiger partial charge in [0.2, 0.25) is 0 Å². The van der Waals surface area contributed by atoms with Gasteiger partial charge in [0.1, 0.15) is 19.5 Å². The minimum absolute atomic E-state index is 0.321. The molecule has 2 aromatic carbocycles. The third-order valence-corrected chi connectivity index (χ3v) is 3.81. The van der Waals surface area contributed by atoms with E-state index in [-0.39, 0.29) is 5.91 Å². The number of hydrogen-bond donors (Lipinski definition) is 1. The van der Waals surface area contributed by atoms with Gasteiger partial charge in [0, 0.05) is 17.3 Å². The summed E-state index contributed by atoms with van der Waals surface area (Å²) in [7, 11) is 1.49. The average Bonchev–Trinajstić information content (AvgIpc) is 2.67. The zero-order valence-corrected chi connectivity index (χ0v) is 14.5. The molecule has 26 heavy (non-hydrogen) atoms. The van der Waals surface area contributed by atoms with Crippen molar-refractivity contribution in [2.75, 3.05) is 25.6 Å². The van der Waals surface area contributed by atoms with Gasteiger partial charge in [-0.3, -0.25) is 9.59 Å². The molecule has 1 N–H and O–H groups in total. The summed E-state index contributed by atoms with van der Waals surface area (Å²) >= 11 is 0. The molecule has 0 radical (unpaired) electrons. The number of benzene rings is 2. The highest BCUT2D eigenvalue weighted by molar-refractivity contribution is 5.94. The first-order chi connectivity index (χ1) is 12.6. The molecule has 1 aliphatic heterocycles. The Morgan fingerprint density at radius 3 is 2.62 bits per heavy atom. The van der Waals surface area contributed by atoms with Gasteiger partial charge in [-0.25, -0.2) is 0 Å². The summed E-state index contributed by atoms with van der Waals surface area (Å²) in [5, 5.41) is 2.77. The van der Waals surface area contributed by atoms with Crippen molar-refractivity contribution in [2.24, 2.45) is 0 Å². The number of carbonyl (C=O) groups is 2. The first kappa shape index (κ1) is 17.6. The summed E-state index contributed by atoms with van der Waals surface area (Å²) < 4.78 is 21.8. The third-order valence-electron chi connectivity index (χ3n) is 3.81. The fourth-order valence-electron chi connectivity index (χ4n) is 2.47. The molecule has 0 spiro atoms. The topological polar surface area (TPSA) is 83.1 Å². The van der Waals surface area contributed by atoms with Gasteiger partial charge in [-0.15, -0.1) is 0 Å². The number of anilines is 1. The Labute approximate surface area is 150 Å². The van der Waals surface area contributed by atoms with E-state index in [9.17, 15) is 9.59 Å². The molecule has 3 rings (SSSR count). The van der Waals surface area contributed by atoms with Crippen molar-refractivity contribution >= 4 is 17.9 Å². The van der Waals surface area contributed by atoms with E-state index in [2.05, 4.69) is 5.32 Å². The van der Waals surface area contributed by atoms with Gasteiger partial charge >= 0.3 is 0 Å². The third kappa shape index (κ3) is 3.88. The minimum Gasteiger partial charge on any atom is -0.493 e. The van der Waals surface area contributed by atoms with Crippen LogP contribution in [0.1, 0.15) is 17.3 Å². The molecule has 1 atom stereocenters. The second kappa shape index (κ2) is 7.77. The number of hydrogen-bond acceptors (Lipinski definition) is 6. The monoisotopic (exact) mass is 357 g/mol. The quantitative estimate of drug-likeness (QED) is 0.801. The molecule has 1 amide bonds. The van der Waals surface area contributed by atoms with E-state index >= 15 is 0 Å². The maximum absolute atomic E-state index is 12.4. The molecule has 2 aromatic rings. The molecule has 0 saturated heterocycles. The summed E-state index contributed by atoms with van der Waals surface area (Å²) in [6.45, 7) is 2.59. The van der Waals surface area contributed by atoms with Gasteiger partial charge in [-0.05, 0) is 37.3 Å². The number of methoxy groups -OCH3 is 1. The van der Waals surface area contributed by atoms with Crippen LogP contribution in [0, 0.1) is 0 Å². The van der Waals surface area contributed by atoms with Crippen LogP contribution in [-0.4, -0.2) is 38.6 Å². The number of nitrogens with one attached hydrogen (secondary N) is 1. The maximum Gasteiger partial charge on any atom is 0.265 e. The average molecular weight is 357 g/mol. The van der Waals surface area contributed by atoms with Crippen LogP contribution in [0.5, 0.6) is 23.0 Å². The molecule has 0 aromatic heterocycles. The lowest BCUT2D eigenvalue weighted by atomic mass is 10.2. The molecule has 1 heterocycles.